The van der Waals surface area contributed by atoms with Gasteiger partial charge in [-0.05, 0) is 31.6 Å². The summed E-state index contributed by atoms with van der Waals surface area (Å²) in [5.41, 5.74) is -0.481. The second kappa shape index (κ2) is 6.46. The van der Waals surface area contributed by atoms with Crippen molar-refractivity contribution in [3.63, 3.8) is 0 Å². The van der Waals surface area contributed by atoms with Crippen molar-refractivity contribution >= 4 is 23.5 Å². The van der Waals surface area contributed by atoms with Crippen LogP contribution in [0.15, 0.2) is 23.8 Å². The fraction of sp³-hybridized carbons (Fsp3) is 0.231. The highest BCUT2D eigenvalue weighted by atomic mass is 16.6. The molecule has 0 saturated carbocycles. The summed E-state index contributed by atoms with van der Waals surface area (Å²) in [4.78, 5) is 32.9. The lowest BCUT2D eigenvalue weighted by Crippen LogP contribution is -2.13. The van der Waals surface area contributed by atoms with Crippen molar-refractivity contribution in [1.82, 2.24) is 0 Å². The molecule has 0 aliphatic rings. The zero-order valence-electron chi connectivity index (χ0n) is 11.0. The molecule has 0 saturated heterocycles. The molecule has 0 aromatic heterocycles. The van der Waals surface area contributed by atoms with Gasteiger partial charge in [0.2, 0.25) is 0 Å². The maximum Gasteiger partial charge on any atom is 0.341 e. The summed E-state index contributed by atoms with van der Waals surface area (Å²) >= 11 is 0. The Morgan fingerprint density at radius 3 is 2.60 bits per heavy atom. The van der Waals surface area contributed by atoms with E-state index < -0.39 is 28.1 Å². The van der Waals surface area contributed by atoms with Crippen LogP contribution in [-0.2, 0) is 14.3 Å². The van der Waals surface area contributed by atoms with Gasteiger partial charge in [-0.15, -0.1) is 0 Å². The third kappa shape index (κ3) is 3.64. The van der Waals surface area contributed by atoms with Crippen LogP contribution in [0.25, 0.3) is 6.08 Å². The van der Waals surface area contributed by atoms with Crippen LogP contribution < -0.4 is 0 Å². The van der Waals surface area contributed by atoms with E-state index in [1.807, 2.05) is 0 Å². The van der Waals surface area contributed by atoms with E-state index in [0.29, 0.717) is 0 Å². The first kappa shape index (κ1) is 15.4. The zero-order chi connectivity index (χ0) is 15.3. The van der Waals surface area contributed by atoms with Gasteiger partial charge in [-0.1, -0.05) is 6.07 Å². The summed E-state index contributed by atoms with van der Waals surface area (Å²) < 4.78 is 4.73. The Bertz CT molecular complexity index is 591. The maximum absolute atomic E-state index is 11.6. The van der Waals surface area contributed by atoms with E-state index in [1.165, 1.54) is 19.1 Å². The first-order valence-corrected chi connectivity index (χ1v) is 5.74. The molecule has 1 aromatic carbocycles. The minimum Gasteiger partial charge on any atom is -0.502 e. The molecule has 0 spiro atoms. The third-order valence-electron chi connectivity index (χ3n) is 2.38. The number of esters is 1. The number of aromatic hydroxyl groups is 1. The summed E-state index contributed by atoms with van der Waals surface area (Å²) in [5.74, 6) is -1.80. The number of phenols is 1. The Morgan fingerprint density at radius 1 is 1.45 bits per heavy atom. The predicted molar refractivity (Wildman–Crippen MR) is 70.1 cm³/mol. The molecule has 0 bridgehead atoms. The molecule has 1 N–H and O–H groups in total. The molecule has 0 heterocycles. The van der Waals surface area contributed by atoms with E-state index in [0.717, 1.165) is 12.1 Å². The fourth-order valence-corrected chi connectivity index (χ4v) is 1.46. The molecular weight excluding hydrogens is 266 g/mol. The molecule has 20 heavy (non-hydrogen) atoms. The van der Waals surface area contributed by atoms with Gasteiger partial charge >= 0.3 is 11.7 Å². The lowest BCUT2D eigenvalue weighted by molar-refractivity contribution is -0.385. The molecule has 1 aromatic rings. The number of hydrogen-bond acceptors (Lipinski definition) is 6. The largest absolute Gasteiger partial charge is 0.502 e. The van der Waals surface area contributed by atoms with E-state index in [4.69, 9.17) is 4.74 Å². The second-order valence-electron chi connectivity index (χ2n) is 3.84. The van der Waals surface area contributed by atoms with Crippen LogP contribution in [0.3, 0.4) is 0 Å². The highest BCUT2D eigenvalue weighted by molar-refractivity contribution is 6.19. The highest BCUT2D eigenvalue weighted by Crippen LogP contribution is 2.27. The minimum absolute atomic E-state index is 0.110. The molecule has 0 fully saturated rings. The second-order valence-corrected chi connectivity index (χ2v) is 3.84. The SMILES string of the molecule is CCOC(=O)C(=Cc1ccc(O)c([N+](=O)[O-])c1)C(C)=O. The van der Waals surface area contributed by atoms with Gasteiger partial charge in [0.05, 0.1) is 11.5 Å². The molecular formula is C13H13NO6. The van der Waals surface area contributed by atoms with Crippen LogP contribution in [0.5, 0.6) is 5.75 Å². The van der Waals surface area contributed by atoms with Crippen LogP contribution >= 0.6 is 0 Å². The van der Waals surface area contributed by atoms with Crippen molar-refractivity contribution < 1.29 is 24.4 Å². The molecule has 1 rings (SSSR count). The number of nitrogens with zero attached hydrogens (tertiary/aromatic N) is 1. The van der Waals surface area contributed by atoms with Crippen LogP contribution in [0.1, 0.15) is 19.4 Å². The van der Waals surface area contributed by atoms with Crippen molar-refractivity contribution in [3.05, 3.63) is 39.4 Å². The Balaban J connectivity index is 3.24. The lowest BCUT2D eigenvalue weighted by Gasteiger charge is -2.04. The van der Waals surface area contributed by atoms with E-state index in [9.17, 15) is 24.8 Å². The summed E-state index contributed by atoms with van der Waals surface area (Å²) in [6, 6.07) is 3.54. The third-order valence-corrected chi connectivity index (χ3v) is 2.38. The summed E-state index contributed by atoms with van der Waals surface area (Å²) in [6.45, 7) is 2.90. The number of phenolic OH excluding ortho intramolecular Hbond substituents is 1. The van der Waals surface area contributed by atoms with Gasteiger partial charge in [-0.25, -0.2) is 4.79 Å². The first-order chi connectivity index (χ1) is 9.36. The van der Waals surface area contributed by atoms with E-state index in [2.05, 4.69) is 0 Å². The van der Waals surface area contributed by atoms with Gasteiger partial charge in [0.15, 0.2) is 11.5 Å². The number of ether oxygens (including phenoxy) is 1. The average molecular weight is 279 g/mol. The maximum atomic E-state index is 11.6. The van der Waals surface area contributed by atoms with Gasteiger partial charge in [0.25, 0.3) is 0 Å². The van der Waals surface area contributed by atoms with Crippen molar-refractivity contribution in [1.29, 1.82) is 0 Å². The summed E-state index contributed by atoms with van der Waals surface area (Å²) in [5, 5.41) is 20.0. The number of benzene rings is 1. The summed E-state index contributed by atoms with van der Waals surface area (Å²) in [7, 11) is 0. The van der Waals surface area contributed by atoms with Gasteiger partial charge in [-0.3, -0.25) is 14.9 Å². The summed E-state index contributed by atoms with van der Waals surface area (Å²) in [6.07, 6.45) is 1.19. The van der Waals surface area contributed by atoms with Crippen molar-refractivity contribution in [2.75, 3.05) is 6.61 Å². The molecule has 0 radical (unpaired) electrons. The minimum atomic E-state index is -0.796. The standard InChI is InChI=1S/C13H13NO6/c1-3-20-13(17)10(8(2)15)6-9-4-5-12(16)11(7-9)14(18)19/h4-7,16H,3H2,1-2H3. The normalized spacial score (nSPS) is 11.0. The molecule has 0 aliphatic carbocycles. The Kier molecular flexibility index (Phi) is 4.96. The average Bonchev–Trinajstić information content (AvgIpc) is 2.37. The highest BCUT2D eigenvalue weighted by Gasteiger charge is 2.17. The Labute approximate surface area is 114 Å². The number of nitro groups is 1. The quantitative estimate of drug-likeness (QED) is 0.220. The lowest BCUT2D eigenvalue weighted by atomic mass is 10.1. The number of hydrogen-bond donors (Lipinski definition) is 1. The molecule has 106 valence electrons. The smallest absolute Gasteiger partial charge is 0.341 e. The van der Waals surface area contributed by atoms with E-state index in [1.54, 1.807) is 6.92 Å². The van der Waals surface area contributed by atoms with E-state index >= 15 is 0 Å². The Morgan fingerprint density at radius 2 is 2.10 bits per heavy atom. The molecule has 7 heteroatoms. The van der Waals surface area contributed by atoms with Crippen molar-refractivity contribution in [2.45, 2.75) is 13.8 Å². The number of ketones is 1. The predicted octanol–water partition coefficient (Wildman–Crippen LogP) is 1.84. The van der Waals surface area contributed by atoms with Crippen LogP contribution in [-0.4, -0.2) is 28.4 Å². The van der Waals surface area contributed by atoms with Crippen LogP contribution in [0.2, 0.25) is 0 Å². The Hall–Kier alpha value is -2.70. The number of nitro benzene ring substituents is 1. The van der Waals surface area contributed by atoms with Gasteiger partial charge in [0.1, 0.15) is 5.57 Å². The van der Waals surface area contributed by atoms with Crippen molar-refractivity contribution in [3.8, 4) is 5.75 Å². The number of rotatable bonds is 5. The monoisotopic (exact) mass is 279 g/mol. The molecule has 0 aliphatic heterocycles. The van der Waals surface area contributed by atoms with Crippen LogP contribution in [0.4, 0.5) is 5.69 Å². The van der Waals surface area contributed by atoms with Gasteiger partial charge < -0.3 is 9.84 Å². The van der Waals surface area contributed by atoms with E-state index in [-0.39, 0.29) is 17.7 Å². The van der Waals surface area contributed by atoms with Gasteiger partial charge in [0, 0.05) is 6.07 Å². The molecule has 0 atom stereocenters. The molecule has 7 nitrogen and oxygen atoms in total. The fourth-order valence-electron chi connectivity index (χ4n) is 1.46. The molecule has 0 amide bonds. The number of Topliss-reactive ketones (excluding diaryl/α,β-unsaturated/α-hetero) is 1. The zero-order valence-corrected chi connectivity index (χ0v) is 11.0. The van der Waals surface area contributed by atoms with Gasteiger partial charge in [-0.2, -0.15) is 0 Å². The van der Waals surface area contributed by atoms with Crippen LogP contribution in [0, 0.1) is 10.1 Å². The first-order valence-electron chi connectivity index (χ1n) is 5.74. The number of carbonyl (C=O) groups is 2. The number of carbonyl (C=O) groups excluding carboxylic acids is 2. The molecule has 0 unspecified atom stereocenters. The van der Waals surface area contributed by atoms with Crippen molar-refractivity contribution in [2.24, 2.45) is 0 Å². The topological polar surface area (TPSA) is 107 Å².